The Morgan fingerprint density at radius 3 is 2.65 bits per heavy atom. The fourth-order valence-electron chi connectivity index (χ4n) is 4.75. The number of carbonyl (C=O) groups is 3. The van der Waals surface area contributed by atoms with Crippen molar-refractivity contribution in [2.45, 2.75) is 38.2 Å². The molecule has 0 aliphatic heterocycles. The number of esters is 1. The average Bonchev–Trinajstić information content (AvgIpc) is 2.75. The minimum atomic E-state index is -1.10. The maximum absolute atomic E-state index is 13.4. The smallest absolute Gasteiger partial charge is 0.310 e. The van der Waals surface area contributed by atoms with Gasteiger partial charge in [0.15, 0.2) is 0 Å². The molecule has 31 heavy (non-hydrogen) atoms. The summed E-state index contributed by atoms with van der Waals surface area (Å²) in [6.45, 7) is 2.16. The van der Waals surface area contributed by atoms with Crippen molar-refractivity contribution < 1.29 is 33.4 Å². The van der Waals surface area contributed by atoms with Crippen LogP contribution in [0.3, 0.4) is 0 Å². The van der Waals surface area contributed by atoms with Crippen molar-refractivity contribution in [2.75, 3.05) is 6.61 Å². The molecule has 7 heteroatoms. The molecule has 4 unspecified atom stereocenters. The summed E-state index contributed by atoms with van der Waals surface area (Å²) in [4.78, 5) is 37.6. The highest BCUT2D eigenvalue weighted by molar-refractivity contribution is 5.99. The molecular weight excluding hydrogens is 403 g/mol. The lowest BCUT2D eigenvalue weighted by Crippen LogP contribution is -2.50. The van der Waals surface area contributed by atoms with Gasteiger partial charge in [-0.1, -0.05) is 25.1 Å². The number of carboxylic acids is 1. The number of carboxylic acid groups (broad SMARTS) is 1. The van der Waals surface area contributed by atoms with Crippen LogP contribution in [-0.2, 0) is 25.7 Å². The second-order valence-electron chi connectivity index (χ2n) is 8.02. The SMILES string of the molecule is CCCOC(=O)C1C2C(=O)CC(c3ccc(OCc4cccc(F)c4)cc32)C1C(=O)O. The Kier molecular flexibility index (Phi) is 5.76. The Morgan fingerprint density at radius 1 is 1.13 bits per heavy atom. The molecule has 5 rings (SSSR count). The fourth-order valence-corrected chi connectivity index (χ4v) is 4.75. The molecule has 3 aliphatic carbocycles. The second kappa shape index (κ2) is 8.49. The molecule has 3 aliphatic rings. The molecule has 0 radical (unpaired) electrons. The number of benzene rings is 2. The number of fused-ring (bicyclic) bond motifs is 2. The molecule has 0 saturated heterocycles. The van der Waals surface area contributed by atoms with Gasteiger partial charge in [0.25, 0.3) is 0 Å². The van der Waals surface area contributed by atoms with Gasteiger partial charge < -0.3 is 14.6 Å². The predicted octanol–water partition coefficient (Wildman–Crippen LogP) is 3.83. The number of hydrogen-bond acceptors (Lipinski definition) is 5. The standard InChI is InChI=1S/C24H23FO6/c1-2-8-30-24(29)22-20-17-10-15(31-12-13-4-3-5-14(25)9-13)6-7-16(17)18(11-19(20)26)21(22)23(27)28/h3-7,9-10,18,20-22H,2,8,11-12H2,1H3,(H,27,28). The highest BCUT2D eigenvalue weighted by Gasteiger charge is 2.57. The lowest BCUT2D eigenvalue weighted by Gasteiger charge is -2.45. The zero-order valence-corrected chi connectivity index (χ0v) is 17.0. The molecule has 0 spiro atoms. The van der Waals surface area contributed by atoms with Gasteiger partial charge in [0.2, 0.25) is 0 Å². The first kappa shape index (κ1) is 21.0. The molecule has 2 bridgehead atoms. The summed E-state index contributed by atoms with van der Waals surface area (Å²) in [6.07, 6.45) is 0.697. The van der Waals surface area contributed by atoms with E-state index in [0.29, 0.717) is 23.3 Å². The van der Waals surface area contributed by atoms with Crippen LogP contribution in [0.15, 0.2) is 42.5 Å². The minimum absolute atomic E-state index is 0.0929. The van der Waals surface area contributed by atoms with Gasteiger partial charge in [-0.3, -0.25) is 14.4 Å². The van der Waals surface area contributed by atoms with E-state index in [1.54, 1.807) is 30.3 Å². The Balaban J connectivity index is 1.65. The Labute approximate surface area is 179 Å². The zero-order valence-electron chi connectivity index (χ0n) is 17.0. The van der Waals surface area contributed by atoms with Gasteiger partial charge in [0.05, 0.1) is 24.4 Å². The minimum Gasteiger partial charge on any atom is -0.489 e. The van der Waals surface area contributed by atoms with Gasteiger partial charge in [-0.05, 0) is 47.4 Å². The van der Waals surface area contributed by atoms with Crippen LogP contribution in [0.5, 0.6) is 5.75 Å². The van der Waals surface area contributed by atoms with Gasteiger partial charge in [-0.15, -0.1) is 0 Å². The first-order valence-corrected chi connectivity index (χ1v) is 10.3. The quantitative estimate of drug-likeness (QED) is 0.677. The zero-order chi connectivity index (χ0) is 22.1. The van der Waals surface area contributed by atoms with E-state index < -0.39 is 35.6 Å². The number of ether oxygens (including phenoxy) is 2. The van der Waals surface area contributed by atoms with Crippen LogP contribution >= 0.6 is 0 Å². The van der Waals surface area contributed by atoms with E-state index in [0.717, 1.165) is 5.56 Å². The van der Waals surface area contributed by atoms with Crippen LogP contribution < -0.4 is 4.74 Å². The summed E-state index contributed by atoms with van der Waals surface area (Å²) in [5, 5.41) is 9.83. The van der Waals surface area contributed by atoms with E-state index in [1.165, 1.54) is 12.1 Å². The van der Waals surface area contributed by atoms with Gasteiger partial charge >= 0.3 is 11.9 Å². The van der Waals surface area contributed by atoms with Crippen molar-refractivity contribution in [3.63, 3.8) is 0 Å². The van der Waals surface area contributed by atoms with Gasteiger partial charge in [-0.25, -0.2) is 4.39 Å². The van der Waals surface area contributed by atoms with Crippen LogP contribution in [0.2, 0.25) is 0 Å². The van der Waals surface area contributed by atoms with Crippen LogP contribution in [0.1, 0.15) is 48.3 Å². The molecule has 2 aromatic rings. The Morgan fingerprint density at radius 2 is 1.94 bits per heavy atom. The number of hydrogen-bond donors (Lipinski definition) is 1. The largest absolute Gasteiger partial charge is 0.489 e. The third-order valence-electron chi connectivity index (χ3n) is 6.04. The molecule has 2 aromatic carbocycles. The number of ketones is 1. The number of Topliss-reactive ketones (excluding diaryl/α,β-unsaturated/α-hetero) is 1. The molecule has 0 amide bonds. The summed E-state index contributed by atoms with van der Waals surface area (Å²) >= 11 is 0. The normalized spacial score (nSPS) is 23.9. The highest BCUT2D eigenvalue weighted by atomic mass is 19.1. The van der Waals surface area contributed by atoms with Gasteiger partial charge in [-0.2, -0.15) is 0 Å². The monoisotopic (exact) mass is 426 g/mol. The predicted molar refractivity (Wildman–Crippen MR) is 108 cm³/mol. The Hall–Kier alpha value is -3.22. The van der Waals surface area contributed by atoms with Crippen molar-refractivity contribution in [1.82, 2.24) is 0 Å². The van der Waals surface area contributed by atoms with E-state index in [1.807, 2.05) is 6.92 Å². The lowest BCUT2D eigenvalue weighted by molar-refractivity contribution is -0.164. The molecule has 6 nitrogen and oxygen atoms in total. The molecule has 0 heterocycles. The van der Waals surface area contributed by atoms with Crippen LogP contribution in [-0.4, -0.2) is 29.4 Å². The van der Waals surface area contributed by atoms with E-state index in [-0.39, 0.29) is 31.2 Å². The van der Waals surface area contributed by atoms with Crippen LogP contribution in [0, 0.1) is 17.7 Å². The van der Waals surface area contributed by atoms with E-state index >= 15 is 0 Å². The molecule has 1 fully saturated rings. The second-order valence-corrected chi connectivity index (χ2v) is 8.02. The number of halogens is 1. The number of rotatable bonds is 7. The molecule has 162 valence electrons. The maximum Gasteiger partial charge on any atom is 0.310 e. The van der Waals surface area contributed by atoms with Crippen molar-refractivity contribution >= 4 is 17.7 Å². The van der Waals surface area contributed by atoms with Crippen molar-refractivity contribution in [3.8, 4) is 5.75 Å². The van der Waals surface area contributed by atoms with E-state index in [2.05, 4.69) is 0 Å². The lowest BCUT2D eigenvalue weighted by atomic mass is 9.55. The van der Waals surface area contributed by atoms with Gasteiger partial charge in [0.1, 0.15) is 24.0 Å². The summed E-state index contributed by atoms with van der Waals surface area (Å²) in [7, 11) is 0. The number of aliphatic carboxylic acids is 1. The molecule has 1 N–H and O–H groups in total. The third-order valence-corrected chi connectivity index (χ3v) is 6.04. The third kappa shape index (κ3) is 3.92. The van der Waals surface area contributed by atoms with Crippen molar-refractivity contribution in [1.29, 1.82) is 0 Å². The van der Waals surface area contributed by atoms with Crippen molar-refractivity contribution in [2.24, 2.45) is 11.8 Å². The Bertz CT molecular complexity index is 1030. The average molecular weight is 426 g/mol. The molecule has 4 atom stereocenters. The summed E-state index contributed by atoms with van der Waals surface area (Å²) < 4.78 is 24.4. The fraction of sp³-hybridized carbons (Fsp3) is 0.375. The first-order valence-electron chi connectivity index (χ1n) is 10.3. The van der Waals surface area contributed by atoms with E-state index in [9.17, 15) is 23.9 Å². The first-order chi connectivity index (χ1) is 14.9. The molecule has 1 saturated carbocycles. The summed E-state index contributed by atoms with van der Waals surface area (Å²) in [5.41, 5.74) is 2.03. The van der Waals surface area contributed by atoms with E-state index in [4.69, 9.17) is 9.47 Å². The van der Waals surface area contributed by atoms with Crippen LogP contribution in [0.25, 0.3) is 0 Å². The summed E-state index contributed by atoms with van der Waals surface area (Å²) in [6, 6.07) is 11.2. The van der Waals surface area contributed by atoms with Gasteiger partial charge in [0, 0.05) is 12.3 Å². The summed E-state index contributed by atoms with van der Waals surface area (Å²) in [5.74, 6) is -5.30. The van der Waals surface area contributed by atoms with Crippen molar-refractivity contribution in [3.05, 3.63) is 65.0 Å². The molecular formula is C24H23FO6. The highest BCUT2D eigenvalue weighted by Crippen LogP contribution is 2.55. The maximum atomic E-state index is 13.4. The molecule has 0 aromatic heterocycles. The topological polar surface area (TPSA) is 89.9 Å². The number of carbonyl (C=O) groups excluding carboxylic acids is 2. The van der Waals surface area contributed by atoms with Crippen LogP contribution in [0.4, 0.5) is 4.39 Å².